The number of aliphatic hydroxyl groups excluding tert-OH is 1. The number of carbonyl (C=O) groups excluding carboxylic acids is 1. The number of allylic oxidation sites excluding steroid dienone is 1. The summed E-state index contributed by atoms with van der Waals surface area (Å²) in [7, 11) is 0. The van der Waals surface area contributed by atoms with Crippen LogP contribution in [-0.2, 0) is 4.79 Å². The predicted octanol–water partition coefficient (Wildman–Crippen LogP) is 3.70. The molecule has 112 valence electrons. The van der Waals surface area contributed by atoms with Gasteiger partial charge in [-0.15, -0.1) is 0 Å². The first kappa shape index (κ1) is 18.2. The molecule has 19 heavy (non-hydrogen) atoms. The average molecular weight is 269 g/mol. The van der Waals surface area contributed by atoms with E-state index in [0.717, 1.165) is 19.3 Å². The topological polar surface area (TPSA) is 63.3 Å². The summed E-state index contributed by atoms with van der Waals surface area (Å²) in [6.45, 7) is 2.11. The molecule has 0 heterocycles. The number of nitrogens with two attached hydrogens (primary N) is 1. The molecule has 0 aromatic carbocycles. The van der Waals surface area contributed by atoms with Gasteiger partial charge in [0.1, 0.15) is 0 Å². The third-order valence-electron chi connectivity index (χ3n) is 3.45. The minimum Gasteiger partial charge on any atom is -0.396 e. The molecule has 0 fully saturated rings. The molecule has 0 radical (unpaired) electrons. The minimum atomic E-state index is -0.304. The lowest BCUT2D eigenvalue weighted by molar-refractivity contribution is -0.114. The van der Waals surface area contributed by atoms with Gasteiger partial charge in [-0.3, -0.25) is 4.79 Å². The molecule has 0 atom stereocenters. The lowest BCUT2D eigenvalue weighted by atomic mass is 10.1. The van der Waals surface area contributed by atoms with Gasteiger partial charge < -0.3 is 10.8 Å². The van der Waals surface area contributed by atoms with Crippen molar-refractivity contribution in [2.45, 2.75) is 77.6 Å². The molecule has 0 saturated heterocycles. The van der Waals surface area contributed by atoms with Crippen LogP contribution in [0.5, 0.6) is 0 Å². The van der Waals surface area contributed by atoms with Crippen molar-refractivity contribution >= 4 is 5.91 Å². The fourth-order valence-electron chi connectivity index (χ4n) is 2.09. The molecule has 0 rings (SSSR count). The van der Waals surface area contributed by atoms with Crippen LogP contribution >= 0.6 is 0 Å². The Hall–Kier alpha value is -0.830. The number of unbranched alkanes of at least 4 members (excludes halogenated alkanes) is 10. The molecule has 3 heteroatoms. The van der Waals surface area contributed by atoms with Crippen molar-refractivity contribution in [3.8, 4) is 0 Å². The molecule has 0 bridgehead atoms. The Morgan fingerprint density at radius 1 is 0.895 bits per heavy atom. The van der Waals surface area contributed by atoms with Gasteiger partial charge >= 0.3 is 0 Å². The lowest BCUT2D eigenvalue weighted by Crippen LogP contribution is -2.11. The quantitative estimate of drug-likeness (QED) is 0.395. The normalized spacial score (nSPS) is 11.8. The number of hydrogen-bond acceptors (Lipinski definition) is 2. The lowest BCUT2D eigenvalue weighted by Gasteiger charge is -2.02. The van der Waals surface area contributed by atoms with Gasteiger partial charge in [0, 0.05) is 12.2 Å². The van der Waals surface area contributed by atoms with Crippen LogP contribution in [0.4, 0.5) is 0 Å². The molecule has 0 aliphatic carbocycles. The van der Waals surface area contributed by atoms with E-state index >= 15 is 0 Å². The maximum atomic E-state index is 10.8. The van der Waals surface area contributed by atoms with Crippen LogP contribution in [-0.4, -0.2) is 17.6 Å². The van der Waals surface area contributed by atoms with Gasteiger partial charge in [0.05, 0.1) is 0 Å². The van der Waals surface area contributed by atoms with Gasteiger partial charge in [-0.25, -0.2) is 0 Å². The van der Waals surface area contributed by atoms with Crippen LogP contribution < -0.4 is 5.73 Å². The summed E-state index contributed by atoms with van der Waals surface area (Å²) in [5.74, 6) is -0.304. The number of hydrogen-bond donors (Lipinski definition) is 2. The molecule has 3 nitrogen and oxygen atoms in total. The van der Waals surface area contributed by atoms with Crippen LogP contribution in [0.3, 0.4) is 0 Å². The summed E-state index contributed by atoms with van der Waals surface area (Å²) in [6, 6.07) is 0. The van der Waals surface area contributed by atoms with Crippen molar-refractivity contribution < 1.29 is 9.90 Å². The third kappa shape index (κ3) is 13.4. The Kier molecular flexibility index (Phi) is 13.0. The fourth-order valence-corrected chi connectivity index (χ4v) is 2.09. The minimum absolute atomic E-state index is 0.304. The molecule has 0 unspecified atom stereocenters. The van der Waals surface area contributed by atoms with E-state index in [1.165, 1.54) is 51.4 Å². The smallest absolute Gasteiger partial charge is 0.244 e. The zero-order chi connectivity index (χ0) is 14.3. The van der Waals surface area contributed by atoms with Gasteiger partial charge in [0.25, 0.3) is 0 Å². The summed E-state index contributed by atoms with van der Waals surface area (Å²) in [4.78, 5) is 10.8. The Bertz CT molecular complexity index is 249. The standard InChI is InChI=1S/C16H31NO2/c1-15(16(17)19)13-11-9-7-5-3-2-4-6-8-10-12-14-18/h13,18H,2-12,14H2,1H3,(H2,17,19)/b15-13+. The van der Waals surface area contributed by atoms with E-state index in [2.05, 4.69) is 0 Å². The molecular weight excluding hydrogens is 238 g/mol. The zero-order valence-electron chi connectivity index (χ0n) is 12.5. The molecule has 0 spiro atoms. The molecule has 0 aromatic rings. The Balaban J connectivity index is 3.15. The molecule has 0 aliphatic heterocycles. The maximum Gasteiger partial charge on any atom is 0.244 e. The van der Waals surface area contributed by atoms with Crippen LogP contribution in [0.2, 0.25) is 0 Å². The first-order valence-electron chi connectivity index (χ1n) is 7.76. The summed E-state index contributed by atoms with van der Waals surface area (Å²) in [6.07, 6.45) is 15.3. The Labute approximate surface area is 118 Å². The average Bonchev–Trinajstić information content (AvgIpc) is 2.39. The molecular formula is C16H31NO2. The Morgan fingerprint density at radius 2 is 1.32 bits per heavy atom. The third-order valence-corrected chi connectivity index (χ3v) is 3.45. The fraction of sp³-hybridized carbons (Fsp3) is 0.812. The van der Waals surface area contributed by atoms with Crippen LogP contribution in [0.1, 0.15) is 77.6 Å². The second kappa shape index (κ2) is 13.6. The highest BCUT2D eigenvalue weighted by Crippen LogP contribution is 2.11. The van der Waals surface area contributed by atoms with E-state index in [1.54, 1.807) is 6.92 Å². The first-order valence-corrected chi connectivity index (χ1v) is 7.76. The van der Waals surface area contributed by atoms with Crippen LogP contribution in [0.15, 0.2) is 11.6 Å². The number of primary amides is 1. The maximum absolute atomic E-state index is 10.8. The van der Waals surface area contributed by atoms with Crippen molar-refractivity contribution in [3.63, 3.8) is 0 Å². The van der Waals surface area contributed by atoms with Crippen LogP contribution in [0.25, 0.3) is 0 Å². The molecule has 0 aliphatic rings. The van der Waals surface area contributed by atoms with E-state index in [0.29, 0.717) is 12.2 Å². The van der Waals surface area contributed by atoms with E-state index in [-0.39, 0.29) is 5.91 Å². The SMILES string of the molecule is C/C(=C\CCCCCCCCCCCCO)C(N)=O. The highest BCUT2D eigenvalue weighted by atomic mass is 16.2. The van der Waals surface area contributed by atoms with E-state index < -0.39 is 0 Å². The van der Waals surface area contributed by atoms with Gasteiger partial charge in [0.15, 0.2) is 0 Å². The molecule has 3 N–H and O–H groups in total. The first-order chi connectivity index (χ1) is 9.18. The van der Waals surface area contributed by atoms with Gasteiger partial charge in [-0.05, 0) is 26.2 Å². The van der Waals surface area contributed by atoms with E-state index in [9.17, 15) is 4.79 Å². The largest absolute Gasteiger partial charge is 0.396 e. The van der Waals surface area contributed by atoms with Crippen molar-refractivity contribution in [3.05, 3.63) is 11.6 Å². The van der Waals surface area contributed by atoms with E-state index in [4.69, 9.17) is 10.8 Å². The van der Waals surface area contributed by atoms with Crippen molar-refractivity contribution in [1.82, 2.24) is 0 Å². The number of rotatable bonds is 13. The molecule has 1 amide bonds. The Morgan fingerprint density at radius 3 is 1.74 bits per heavy atom. The van der Waals surface area contributed by atoms with Crippen molar-refractivity contribution in [2.24, 2.45) is 5.73 Å². The second-order valence-corrected chi connectivity index (χ2v) is 5.30. The van der Waals surface area contributed by atoms with Gasteiger partial charge in [-0.1, -0.05) is 57.4 Å². The number of aliphatic hydroxyl groups is 1. The summed E-state index contributed by atoms with van der Waals surface area (Å²) < 4.78 is 0. The van der Waals surface area contributed by atoms with Crippen molar-refractivity contribution in [1.29, 1.82) is 0 Å². The summed E-state index contributed by atoms with van der Waals surface area (Å²) >= 11 is 0. The highest BCUT2D eigenvalue weighted by Gasteiger charge is 1.96. The monoisotopic (exact) mass is 269 g/mol. The van der Waals surface area contributed by atoms with Gasteiger partial charge in [0.2, 0.25) is 5.91 Å². The number of carbonyl (C=O) groups is 1. The van der Waals surface area contributed by atoms with Gasteiger partial charge in [-0.2, -0.15) is 0 Å². The second-order valence-electron chi connectivity index (χ2n) is 5.30. The zero-order valence-corrected chi connectivity index (χ0v) is 12.5. The molecule has 0 aromatic heterocycles. The summed E-state index contributed by atoms with van der Waals surface area (Å²) in [5, 5.41) is 8.64. The predicted molar refractivity (Wildman–Crippen MR) is 80.8 cm³/mol. The highest BCUT2D eigenvalue weighted by molar-refractivity contribution is 5.91. The van der Waals surface area contributed by atoms with E-state index in [1.807, 2.05) is 6.08 Å². The van der Waals surface area contributed by atoms with Crippen LogP contribution in [0, 0.1) is 0 Å². The molecule has 0 saturated carbocycles. The number of amides is 1. The van der Waals surface area contributed by atoms with Crippen molar-refractivity contribution in [2.75, 3.05) is 6.61 Å². The summed E-state index contributed by atoms with van der Waals surface area (Å²) in [5.41, 5.74) is 5.84.